The van der Waals surface area contributed by atoms with Crippen LogP contribution in [0.15, 0.2) is 60.7 Å². The molecule has 0 aromatic heterocycles. The molecule has 0 saturated heterocycles. The summed E-state index contributed by atoms with van der Waals surface area (Å²) in [5, 5.41) is 20.1. The standard InChI is InChI=1S/C16H20B2O2/c19-17(15-9-3-1-4-10-15)13-7-8-14-18(20)16-11-5-2-6-12-16/h1-6,9-12,19-20H,7-8,13-14H2. The van der Waals surface area contributed by atoms with Gasteiger partial charge in [0.2, 0.25) is 0 Å². The third kappa shape index (κ3) is 4.55. The van der Waals surface area contributed by atoms with Gasteiger partial charge in [-0.1, -0.05) is 73.5 Å². The number of hydrogen-bond acceptors (Lipinski definition) is 2. The minimum absolute atomic E-state index is 0.398. The molecular weight excluding hydrogens is 246 g/mol. The van der Waals surface area contributed by atoms with E-state index < -0.39 is 13.8 Å². The van der Waals surface area contributed by atoms with E-state index in [1.165, 1.54) is 0 Å². The van der Waals surface area contributed by atoms with E-state index in [2.05, 4.69) is 0 Å². The molecule has 0 heterocycles. The Kier molecular flexibility index (Phi) is 5.90. The minimum atomic E-state index is -0.398. The van der Waals surface area contributed by atoms with E-state index in [9.17, 15) is 10.0 Å². The number of hydrogen-bond donors (Lipinski definition) is 2. The topological polar surface area (TPSA) is 40.5 Å². The van der Waals surface area contributed by atoms with E-state index in [1.54, 1.807) is 0 Å². The Hall–Kier alpha value is -1.51. The Bertz CT molecular complexity index is 443. The SMILES string of the molecule is OB(CCCCB(O)c1ccccc1)c1ccccc1. The van der Waals surface area contributed by atoms with E-state index in [0.717, 1.165) is 36.4 Å². The van der Waals surface area contributed by atoms with Crippen molar-refractivity contribution in [2.24, 2.45) is 0 Å². The molecular formula is C16H20B2O2. The molecule has 0 radical (unpaired) electrons. The number of rotatable bonds is 7. The first-order chi connectivity index (χ1) is 9.77. The zero-order valence-corrected chi connectivity index (χ0v) is 11.7. The van der Waals surface area contributed by atoms with Crippen molar-refractivity contribution in [3.8, 4) is 0 Å². The van der Waals surface area contributed by atoms with Crippen LogP contribution in [0.5, 0.6) is 0 Å². The highest BCUT2D eigenvalue weighted by atomic mass is 16.2. The molecule has 2 rings (SSSR count). The minimum Gasteiger partial charge on any atom is -0.446 e. The third-order valence-corrected chi connectivity index (χ3v) is 3.57. The van der Waals surface area contributed by atoms with Crippen molar-refractivity contribution in [2.75, 3.05) is 0 Å². The first-order valence-corrected chi connectivity index (χ1v) is 7.23. The molecule has 4 heteroatoms. The average molecular weight is 266 g/mol. The molecule has 0 aliphatic rings. The first-order valence-electron chi connectivity index (χ1n) is 7.23. The molecule has 0 amide bonds. The molecule has 0 aliphatic heterocycles. The molecule has 2 N–H and O–H groups in total. The summed E-state index contributed by atoms with van der Waals surface area (Å²) < 4.78 is 0. The summed E-state index contributed by atoms with van der Waals surface area (Å²) in [6, 6.07) is 19.5. The van der Waals surface area contributed by atoms with Crippen LogP contribution in [0, 0.1) is 0 Å². The number of benzene rings is 2. The number of unbranched alkanes of at least 4 members (excludes halogenated alkanes) is 1. The van der Waals surface area contributed by atoms with Gasteiger partial charge in [0, 0.05) is 0 Å². The van der Waals surface area contributed by atoms with Gasteiger partial charge in [-0.3, -0.25) is 0 Å². The monoisotopic (exact) mass is 266 g/mol. The van der Waals surface area contributed by atoms with Crippen LogP contribution in [-0.2, 0) is 0 Å². The molecule has 0 fully saturated rings. The Morgan fingerprint density at radius 2 is 0.950 bits per heavy atom. The summed E-state index contributed by atoms with van der Waals surface area (Å²) in [5.41, 5.74) is 1.94. The smallest absolute Gasteiger partial charge is 0.323 e. The summed E-state index contributed by atoms with van der Waals surface area (Å²) in [5.74, 6) is 0. The van der Waals surface area contributed by atoms with Crippen molar-refractivity contribution in [3.05, 3.63) is 60.7 Å². The van der Waals surface area contributed by atoms with Crippen LogP contribution in [0.2, 0.25) is 12.6 Å². The Labute approximate surface area is 121 Å². The van der Waals surface area contributed by atoms with Gasteiger partial charge in [-0.25, -0.2) is 0 Å². The maximum atomic E-state index is 10.0. The van der Waals surface area contributed by atoms with E-state index in [1.807, 2.05) is 60.7 Å². The van der Waals surface area contributed by atoms with Crippen LogP contribution in [0.1, 0.15) is 12.8 Å². The van der Waals surface area contributed by atoms with Crippen LogP contribution >= 0.6 is 0 Å². The van der Waals surface area contributed by atoms with Gasteiger partial charge in [0.1, 0.15) is 0 Å². The molecule has 0 saturated carbocycles. The van der Waals surface area contributed by atoms with Gasteiger partial charge in [-0.2, -0.15) is 0 Å². The summed E-state index contributed by atoms with van der Waals surface area (Å²) in [6.45, 7) is -0.796. The van der Waals surface area contributed by atoms with Crippen LogP contribution in [-0.4, -0.2) is 23.9 Å². The van der Waals surface area contributed by atoms with Crippen LogP contribution in [0.3, 0.4) is 0 Å². The lowest BCUT2D eigenvalue weighted by Crippen LogP contribution is -2.30. The zero-order valence-electron chi connectivity index (χ0n) is 11.7. The third-order valence-electron chi connectivity index (χ3n) is 3.57. The highest BCUT2D eigenvalue weighted by Gasteiger charge is 2.15. The fourth-order valence-corrected chi connectivity index (χ4v) is 2.36. The molecule has 20 heavy (non-hydrogen) atoms. The highest BCUT2D eigenvalue weighted by molar-refractivity contribution is 6.66. The Morgan fingerprint density at radius 3 is 1.30 bits per heavy atom. The van der Waals surface area contributed by atoms with Crippen molar-refractivity contribution in [2.45, 2.75) is 25.5 Å². The maximum absolute atomic E-state index is 10.0. The van der Waals surface area contributed by atoms with Crippen LogP contribution in [0.25, 0.3) is 0 Å². The first kappa shape index (κ1) is 14.9. The second kappa shape index (κ2) is 7.93. The zero-order chi connectivity index (χ0) is 14.2. The molecule has 0 atom stereocenters. The van der Waals surface area contributed by atoms with E-state index in [-0.39, 0.29) is 0 Å². The Balaban J connectivity index is 1.69. The molecule has 2 aromatic carbocycles. The van der Waals surface area contributed by atoms with Gasteiger partial charge < -0.3 is 10.0 Å². The summed E-state index contributed by atoms with van der Waals surface area (Å²) >= 11 is 0. The van der Waals surface area contributed by atoms with Crippen LogP contribution in [0.4, 0.5) is 0 Å². The summed E-state index contributed by atoms with van der Waals surface area (Å²) in [6.07, 6.45) is 3.32. The van der Waals surface area contributed by atoms with E-state index >= 15 is 0 Å². The quantitative estimate of drug-likeness (QED) is 0.589. The van der Waals surface area contributed by atoms with Crippen molar-refractivity contribution >= 4 is 24.8 Å². The van der Waals surface area contributed by atoms with Gasteiger partial charge in [0.25, 0.3) is 0 Å². The largest absolute Gasteiger partial charge is 0.446 e. The van der Waals surface area contributed by atoms with E-state index in [0.29, 0.717) is 0 Å². The second-order valence-corrected chi connectivity index (χ2v) is 5.14. The molecule has 102 valence electrons. The molecule has 2 nitrogen and oxygen atoms in total. The lowest BCUT2D eigenvalue weighted by atomic mass is 9.55. The van der Waals surface area contributed by atoms with Gasteiger partial charge in [0.05, 0.1) is 0 Å². The summed E-state index contributed by atoms with van der Waals surface area (Å²) in [7, 11) is 0. The Morgan fingerprint density at radius 1 is 0.600 bits per heavy atom. The van der Waals surface area contributed by atoms with Crippen molar-refractivity contribution in [1.29, 1.82) is 0 Å². The van der Waals surface area contributed by atoms with Gasteiger partial charge in [0.15, 0.2) is 0 Å². The van der Waals surface area contributed by atoms with Crippen molar-refractivity contribution in [1.82, 2.24) is 0 Å². The van der Waals surface area contributed by atoms with Crippen molar-refractivity contribution < 1.29 is 10.0 Å². The average Bonchev–Trinajstić information content (AvgIpc) is 2.53. The van der Waals surface area contributed by atoms with Gasteiger partial charge >= 0.3 is 13.8 Å². The lowest BCUT2D eigenvalue weighted by Gasteiger charge is -2.08. The summed E-state index contributed by atoms with van der Waals surface area (Å²) in [4.78, 5) is 0. The predicted molar refractivity (Wildman–Crippen MR) is 86.9 cm³/mol. The highest BCUT2D eigenvalue weighted by Crippen LogP contribution is 2.06. The molecule has 0 spiro atoms. The fourth-order valence-electron chi connectivity index (χ4n) is 2.36. The molecule has 2 aromatic rings. The molecule has 0 aliphatic carbocycles. The lowest BCUT2D eigenvalue weighted by molar-refractivity contribution is 0.567. The maximum Gasteiger partial charge on any atom is 0.323 e. The molecule has 0 bridgehead atoms. The second-order valence-electron chi connectivity index (χ2n) is 5.14. The normalized spacial score (nSPS) is 10.3. The van der Waals surface area contributed by atoms with Gasteiger partial charge in [-0.05, 0) is 23.6 Å². The van der Waals surface area contributed by atoms with Crippen molar-refractivity contribution in [3.63, 3.8) is 0 Å². The van der Waals surface area contributed by atoms with Gasteiger partial charge in [-0.15, -0.1) is 0 Å². The fraction of sp³-hybridized carbons (Fsp3) is 0.250. The van der Waals surface area contributed by atoms with E-state index in [4.69, 9.17) is 0 Å². The van der Waals surface area contributed by atoms with Crippen LogP contribution < -0.4 is 10.9 Å². The molecule has 0 unspecified atom stereocenters. The predicted octanol–water partition coefficient (Wildman–Crippen LogP) is 1.55.